The standard InChI is InChI=1S/C16H26N2S/c1-14(2)17-12-15-5-3-6-16(11-15)13-18-7-4-9-19-10-8-18/h3,5-6,11,14,17H,4,7-10,12-13H2,1-2H3. The van der Waals surface area contributed by atoms with E-state index in [2.05, 4.69) is 60.1 Å². The molecule has 19 heavy (non-hydrogen) atoms. The highest BCUT2D eigenvalue weighted by molar-refractivity contribution is 7.99. The van der Waals surface area contributed by atoms with Gasteiger partial charge in [-0.05, 0) is 29.8 Å². The first kappa shape index (κ1) is 14.9. The molecular formula is C16H26N2S. The van der Waals surface area contributed by atoms with Gasteiger partial charge < -0.3 is 5.32 Å². The minimum absolute atomic E-state index is 0.547. The molecule has 1 fully saturated rings. The summed E-state index contributed by atoms with van der Waals surface area (Å²) in [5.41, 5.74) is 2.85. The van der Waals surface area contributed by atoms with Crippen molar-refractivity contribution in [3.05, 3.63) is 35.4 Å². The lowest BCUT2D eigenvalue weighted by Gasteiger charge is -2.20. The van der Waals surface area contributed by atoms with E-state index in [9.17, 15) is 0 Å². The molecular weight excluding hydrogens is 252 g/mol. The molecule has 1 aromatic carbocycles. The molecule has 0 aliphatic carbocycles. The van der Waals surface area contributed by atoms with E-state index in [4.69, 9.17) is 0 Å². The maximum absolute atomic E-state index is 3.49. The Kier molecular flexibility index (Phi) is 6.21. The van der Waals surface area contributed by atoms with Gasteiger partial charge in [0.05, 0.1) is 0 Å². The van der Waals surface area contributed by atoms with Crippen molar-refractivity contribution in [2.75, 3.05) is 24.6 Å². The smallest absolute Gasteiger partial charge is 0.0234 e. The van der Waals surface area contributed by atoms with Gasteiger partial charge in [-0.25, -0.2) is 0 Å². The van der Waals surface area contributed by atoms with Gasteiger partial charge in [0.25, 0.3) is 0 Å². The van der Waals surface area contributed by atoms with Crippen LogP contribution in [-0.4, -0.2) is 35.5 Å². The van der Waals surface area contributed by atoms with Crippen molar-refractivity contribution >= 4 is 11.8 Å². The fourth-order valence-electron chi connectivity index (χ4n) is 2.37. The molecule has 2 nitrogen and oxygen atoms in total. The Hall–Kier alpha value is -0.510. The molecule has 1 N–H and O–H groups in total. The average Bonchev–Trinajstić information content (AvgIpc) is 2.65. The van der Waals surface area contributed by atoms with Crippen LogP contribution >= 0.6 is 11.8 Å². The third-order valence-electron chi connectivity index (χ3n) is 3.43. The second-order valence-electron chi connectivity index (χ2n) is 5.60. The van der Waals surface area contributed by atoms with Crippen LogP contribution < -0.4 is 5.32 Å². The van der Waals surface area contributed by atoms with E-state index in [-0.39, 0.29) is 0 Å². The second kappa shape index (κ2) is 7.93. The van der Waals surface area contributed by atoms with Crippen LogP contribution in [0.2, 0.25) is 0 Å². The molecule has 1 saturated heterocycles. The Morgan fingerprint density at radius 3 is 2.89 bits per heavy atom. The molecule has 0 bridgehead atoms. The molecule has 1 heterocycles. The van der Waals surface area contributed by atoms with Crippen molar-refractivity contribution in [1.82, 2.24) is 10.2 Å². The highest BCUT2D eigenvalue weighted by Gasteiger charge is 2.09. The zero-order chi connectivity index (χ0) is 13.5. The summed E-state index contributed by atoms with van der Waals surface area (Å²) < 4.78 is 0. The van der Waals surface area contributed by atoms with E-state index in [1.807, 2.05) is 0 Å². The summed E-state index contributed by atoms with van der Waals surface area (Å²) in [6.45, 7) is 8.95. The van der Waals surface area contributed by atoms with E-state index in [1.54, 1.807) is 0 Å². The molecule has 0 saturated carbocycles. The van der Waals surface area contributed by atoms with Gasteiger partial charge in [-0.15, -0.1) is 0 Å². The number of nitrogens with one attached hydrogen (secondary N) is 1. The first-order valence-electron chi connectivity index (χ1n) is 7.35. The van der Waals surface area contributed by atoms with E-state index < -0.39 is 0 Å². The summed E-state index contributed by atoms with van der Waals surface area (Å²) in [4.78, 5) is 2.59. The summed E-state index contributed by atoms with van der Waals surface area (Å²) in [5.74, 6) is 2.61. The van der Waals surface area contributed by atoms with E-state index in [0.717, 1.165) is 13.1 Å². The normalized spacial score (nSPS) is 17.6. The lowest BCUT2D eigenvalue weighted by atomic mass is 10.1. The topological polar surface area (TPSA) is 15.3 Å². The molecule has 0 radical (unpaired) electrons. The highest BCUT2D eigenvalue weighted by Crippen LogP contribution is 2.14. The van der Waals surface area contributed by atoms with Crippen LogP contribution in [0.3, 0.4) is 0 Å². The zero-order valence-electron chi connectivity index (χ0n) is 12.2. The Bertz CT molecular complexity index is 371. The number of thioether (sulfide) groups is 1. The predicted octanol–water partition coefficient (Wildman–Crippen LogP) is 3.12. The monoisotopic (exact) mass is 278 g/mol. The van der Waals surface area contributed by atoms with Crippen LogP contribution in [0.1, 0.15) is 31.4 Å². The maximum atomic E-state index is 3.49. The van der Waals surface area contributed by atoms with Crippen molar-refractivity contribution in [2.45, 2.75) is 39.4 Å². The van der Waals surface area contributed by atoms with Crippen molar-refractivity contribution in [3.8, 4) is 0 Å². The number of hydrogen-bond donors (Lipinski definition) is 1. The van der Waals surface area contributed by atoms with Gasteiger partial charge >= 0.3 is 0 Å². The number of nitrogens with zero attached hydrogens (tertiary/aromatic N) is 1. The van der Waals surface area contributed by atoms with Crippen molar-refractivity contribution in [1.29, 1.82) is 0 Å². The SMILES string of the molecule is CC(C)NCc1cccc(CN2CCCSCC2)c1. The van der Waals surface area contributed by atoms with E-state index >= 15 is 0 Å². The fourth-order valence-corrected chi connectivity index (χ4v) is 3.30. The number of rotatable bonds is 5. The summed E-state index contributed by atoms with van der Waals surface area (Å²) in [7, 11) is 0. The Balaban J connectivity index is 1.90. The van der Waals surface area contributed by atoms with Crippen LogP contribution in [0.4, 0.5) is 0 Å². The molecule has 0 spiro atoms. The van der Waals surface area contributed by atoms with Crippen LogP contribution in [-0.2, 0) is 13.1 Å². The largest absolute Gasteiger partial charge is 0.310 e. The second-order valence-corrected chi connectivity index (χ2v) is 6.82. The molecule has 0 atom stereocenters. The third-order valence-corrected chi connectivity index (χ3v) is 4.48. The average molecular weight is 278 g/mol. The van der Waals surface area contributed by atoms with E-state index in [1.165, 1.54) is 42.1 Å². The van der Waals surface area contributed by atoms with E-state index in [0.29, 0.717) is 6.04 Å². The Morgan fingerprint density at radius 1 is 1.21 bits per heavy atom. The molecule has 1 aromatic rings. The van der Waals surface area contributed by atoms with Crippen LogP contribution in [0.25, 0.3) is 0 Å². The van der Waals surface area contributed by atoms with Gasteiger partial charge in [0, 0.05) is 31.4 Å². The summed E-state index contributed by atoms with van der Waals surface area (Å²) in [5, 5.41) is 3.49. The van der Waals surface area contributed by atoms with Gasteiger partial charge in [0.2, 0.25) is 0 Å². The molecule has 0 aromatic heterocycles. The number of benzene rings is 1. The van der Waals surface area contributed by atoms with Gasteiger partial charge in [-0.3, -0.25) is 4.90 Å². The summed E-state index contributed by atoms with van der Waals surface area (Å²) in [6.07, 6.45) is 1.33. The zero-order valence-corrected chi connectivity index (χ0v) is 13.0. The summed E-state index contributed by atoms with van der Waals surface area (Å²) >= 11 is 2.09. The Morgan fingerprint density at radius 2 is 2.05 bits per heavy atom. The number of hydrogen-bond acceptors (Lipinski definition) is 3. The first-order valence-corrected chi connectivity index (χ1v) is 8.51. The van der Waals surface area contributed by atoms with Crippen molar-refractivity contribution < 1.29 is 0 Å². The molecule has 0 unspecified atom stereocenters. The molecule has 106 valence electrons. The van der Waals surface area contributed by atoms with Gasteiger partial charge in [0.1, 0.15) is 0 Å². The van der Waals surface area contributed by atoms with Crippen molar-refractivity contribution in [2.24, 2.45) is 0 Å². The molecule has 1 aliphatic heterocycles. The molecule has 2 rings (SSSR count). The minimum atomic E-state index is 0.547. The van der Waals surface area contributed by atoms with Gasteiger partial charge in [-0.1, -0.05) is 38.1 Å². The summed E-state index contributed by atoms with van der Waals surface area (Å²) in [6, 6.07) is 9.58. The van der Waals surface area contributed by atoms with Gasteiger partial charge in [-0.2, -0.15) is 11.8 Å². The first-order chi connectivity index (χ1) is 9.24. The minimum Gasteiger partial charge on any atom is -0.310 e. The van der Waals surface area contributed by atoms with Crippen molar-refractivity contribution in [3.63, 3.8) is 0 Å². The highest BCUT2D eigenvalue weighted by atomic mass is 32.2. The fraction of sp³-hybridized carbons (Fsp3) is 0.625. The van der Waals surface area contributed by atoms with Crippen LogP contribution in [0, 0.1) is 0 Å². The van der Waals surface area contributed by atoms with Gasteiger partial charge in [0.15, 0.2) is 0 Å². The lowest BCUT2D eigenvalue weighted by Crippen LogP contribution is -2.25. The molecule has 1 aliphatic rings. The van der Waals surface area contributed by atoms with Crippen LogP contribution in [0.15, 0.2) is 24.3 Å². The quantitative estimate of drug-likeness (QED) is 0.891. The molecule has 3 heteroatoms. The predicted molar refractivity (Wildman–Crippen MR) is 85.6 cm³/mol. The Labute approximate surface area is 122 Å². The molecule has 0 amide bonds. The third kappa shape index (κ3) is 5.55. The maximum Gasteiger partial charge on any atom is 0.0234 e. The lowest BCUT2D eigenvalue weighted by molar-refractivity contribution is 0.287. The van der Waals surface area contributed by atoms with Crippen LogP contribution in [0.5, 0.6) is 0 Å².